The van der Waals surface area contributed by atoms with Gasteiger partial charge in [-0.3, -0.25) is 0 Å². The largest absolute Gasteiger partial charge is 0.454 e. The molecular weight excluding hydrogens is 230 g/mol. The number of carbonyl (C=O) groups is 1. The smallest absolute Gasteiger partial charge is 0.377 e. The van der Waals surface area contributed by atoms with Crippen molar-refractivity contribution in [2.75, 3.05) is 0 Å². The predicted molar refractivity (Wildman–Crippen MR) is 54.4 cm³/mol. The Hall–Kier alpha value is -0.710. The van der Waals surface area contributed by atoms with Crippen LogP contribution in [0, 0.1) is 17.8 Å². The molecule has 0 amide bonds. The summed E-state index contributed by atoms with van der Waals surface area (Å²) in [6.45, 7) is 0.558. The van der Waals surface area contributed by atoms with Crippen molar-refractivity contribution in [1.82, 2.24) is 0 Å². The Morgan fingerprint density at radius 1 is 1.41 bits per heavy atom. The molecular formula is C12H16F2O3. The van der Waals surface area contributed by atoms with E-state index in [0.29, 0.717) is 25.7 Å². The first kappa shape index (κ1) is 11.4. The summed E-state index contributed by atoms with van der Waals surface area (Å²) < 4.78 is 30.9. The second-order valence-electron chi connectivity index (χ2n) is 5.95. The Morgan fingerprint density at radius 2 is 2.12 bits per heavy atom. The van der Waals surface area contributed by atoms with Gasteiger partial charge in [-0.1, -0.05) is 0 Å². The van der Waals surface area contributed by atoms with Crippen LogP contribution in [0.5, 0.6) is 0 Å². The first-order chi connectivity index (χ1) is 7.82. The molecule has 0 aromatic heterocycles. The van der Waals surface area contributed by atoms with E-state index in [1.54, 1.807) is 0 Å². The zero-order chi connectivity index (χ0) is 12.4. The van der Waals surface area contributed by atoms with E-state index in [1.807, 2.05) is 0 Å². The minimum atomic E-state index is -3.44. The molecule has 5 atom stereocenters. The van der Waals surface area contributed by atoms with Gasteiger partial charge >= 0.3 is 11.9 Å². The van der Waals surface area contributed by atoms with Crippen LogP contribution in [-0.2, 0) is 9.53 Å². The second-order valence-corrected chi connectivity index (χ2v) is 5.95. The summed E-state index contributed by atoms with van der Waals surface area (Å²) in [7, 11) is 0. The highest BCUT2D eigenvalue weighted by molar-refractivity contribution is 5.77. The Morgan fingerprint density at radius 3 is 2.76 bits per heavy atom. The van der Waals surface area contributed by atoms with E-state index in [1.165, 1.54) is 0 Å². The van der Waals surface area contributed by atoms with Crippen LogP contribution >= 0.6 is 0 Å². The SMILES string of the molecule is CC(F)(F)C(=O)OC12CC3CC(C1)C(O)C2C3. The topological polar surface area (TPSA) is 46.5 Å². The molecule has 4 aliphatic carbocycles. The average molecular weight is 246 g/mol. The van der Waals surface area contributed by atoms with Gasteiger partial charge in [-0.2, -0.15) is 8.78 Å². The van der Waals surface area contributed by atoms with Crippen LogP contribution in [0.4, 0.5) is 8.78 Å². The molecule has 0 aliphatic heterocycles. The highest BCUT2D eigenvalue weighted by atomic mass is 19.3. The lowest BCUT2D eigenvalue weighted by Crippen LogP contribution is -2.42. The third-order valence-corrected chi connectivity index (χ3v) is 4.69. The van der Waals surface area contributed by atoms with Crippen molar-refractivity contribution < 1.29 is 23.4 Å². The molecule has 4 bridgehead atoms. The normalized spacial score (nSPS) is 47.5. The van der Waals surface area contributed by atoms with Crippen LogP contribution in [0.15, 0.2) is 0 Å². The third kappa shape index (κ3) is 1.51. The van der Waals surface area contributed by atoms with Gasteiger partial charge in [0.15, 0.2) is 0 Å². The molecule has 0 radical (unpaired) electrons. The summed E-state index contributed by atoms with van der Waals surface area (Å²) in [5, 5.41) is 10.0. The van der Waals surface area contributed by atoms with Gasteiger partial charge in [-0.15, -0.1) is 0 Å². The zero-order valence-electron chi connectivity index (χ0n) is 9.66. The maximum absolute atomic E-state index is 12.9. The number of alkyl halides is 2. The van der Waals surface area contributed by atoms with Crippen LogP contribution in [-0.4, -0.2) is 28.7 Å². The fourth-order valence-corrected chi connectivity index (χ4v) is 4.14. The summed E-state index contributed by atoms with van der Waals surface area (Å²) >= 11 is 0. The molecule has 96 valence electrons. The van der Waals surface area contributed by atoms with Crippen LogP contribution in [0.1, 0.15) is 32.6 Å². The maximum Gasteiger partial charge on any atom is 0.377 e. The summed E-state index contributed by atoms with van der Waals surface area (Å²) in [4.78, 5) is 11.3. The van der Waals surface area contributed by atoms with E-state index in [0.717, 1.165) is 12.8 Å². The molecule has 0 heterocycles. The van der Waals surface area contributed by atoms with Gasteiger partial charge < -0.3 is 9.84 Å². The quantitative estimate of drug-likeness (QED) is 0.755. The number of aliphatic hydroxyl groups excluding tert-OH is 1. The van der Waals surface area contributed by atoms with E-state index >= 15 is 0 Å². The minimum absolute atomic E-state index is 0.127. The molecule has 4 fully saturated rings. The van der Waals surface area contributed by atoms with Gasteiger partial charge in [-0.05, 0) is 37.5 Å². The van der Waals surface area contributed by atoms with Crippen LogP contribution in [0.2, 0.25) is 0 Å². The van der Waals surface area contributed by atoms with Crippen LogP contribution in [0.3, 0.4) is 0 Å². The molecule has 17 heavy (non-hydrogen) atoms. The van der Waals surface area contributed by atoms with E-state index in [2.05, 4.69) is 0 Å². The van der Waals surface area contributed by atoms with Gasteiger partial charge in [0.25, 0.3) is 0 Å². The van der Waals surface area contributed by atoms with Crippen LogP contribution < -0.4 is 0 Å². The molecule has 0 aromatic rings. The van der Waals surface area contributed by atoms with Crippen molar-refractivity contribution in [2.24, 2.45) is 17.8 Å². The summed E-state index contributed by atoms with van der Waals surface area (Å²) in [5.41, 5.74) is -0.802. The summed E-state index contributed by atoms with van der Waals surface area (Å²) in [6, 6.07) is 0. The molecule has 5 heteroatoms. The first-order valence-electron chi connectivity index (χ1n) is 6.11. The fraction of sp³-hybridized carbons (Fsp3) is 0.917. The lowest BCUT2D eigenvalue weighted by molar-refractivity contribution is -0.189. The molecule has 0 saturated heterocycles. The molecule has 4 saturated carbocycles. The van der Waals surface area contributed by atoms with Crippen molar-refractivity contribution in [3.05, 3.63) is 0 Å². The predicted octanol–water partition coefficient (Wildman–Crippen LogP) is 1.73. The number of hydrogen-bond donors (Lipinski definition) is 1. The Kier molecular flexibility index (Phi) is 2.14. The lowest BCUT2D eigenvalue weighted by Gasteiger charge is -2.32. The van der Waals surface area contributed by atoms with E-state index in [-0.39, 0.29) is 11.8 Å². The van der Waals surface area contributed by atoms with Crippen molar-refractivity contribution in [3.8, 4) is 0 Å². The number of aliphatic hydroxyl groups is 1. The Labute approximate surface area is 98.1 Å². The molecule has 5 unspecified atom stereocenters. The first-order valence-corrected chi connectivity index (χ1v) is 6.11. The molecule has 4 rings (SSSR count). The van der Waals surface area contributed by atoms with Gasteiger partial charge in [0, 0.05) is 12.8 Å². The highest BCUT2D eigenvalue weighted by Crippen LogP contribution is 2.62. The Bertz CT molecular complexity index is 365. The van der Waals surface area contributed by atoms with Crippen molar-refractivity contribution >= 4 is 5.97 Å². The minimum Gasteiger partial charge on any atom is -0.454 e. The molecule has 0 spiro atoms. The van der Waals surface area contributed by atoms with Gasteiger partial charge in [0.2, 0.25) is 0 Å². The highest BCUT2D eigenvalue weighted by Gasteiger charge is 2.65. The van der Waals surface area contributed by atoms with Gasteiger partial charge in [0.05, 0.1) is 6.10 Å². The van der Waals surface area contributed by atoms with Gasteiger partial charge in [-0.25, -0.2) is 4.79 Å². The second kappa shape index (κ2) is 3.19. The number of hydrogen-bond acceptors (Lipinski definition) is 3. The van der Waals surface area contributed by atoms with Crippen molar-refractivity contribution in [1.29, 1.82) is 0 Å². The van der Waals surface area contributed by atoms with Crippen molar-refractivity contribution in [2.45, 2.75) is 50.2 Å². The summed E-state index contributed by atoms with van der Waals surface area (Å²) in [5.74, 6) is -4.46. The van der Waals surface area contributed by atoms with Crippen LogP contribution in [0.25, 0.3) is 0 Å². The maximum atomic E-state index is 12.9. The van der Waals surface area contributed by atoms with Gasteiger partial charge in [0.1, 0.15) is 5.60 Å². The standard InChI is InChI=1S/C12H16F2O3/c1-11(13,14)10(16)17-12-4-6-2-7(5-12)9(15)8(12)3-6/h6-9,15H,2-5H2,1H3. The summed E-state index contributed by atoms with van der Waals surface area (Å²) in [6.07, 6.45) is 2.47. The number of esters is 1. The average Bonchev–Trinajstić information content (AvgIpc) is 2.54. The van der Waals surface area contributed by atoms with Crippen molar-refractivity contribution in [3.63, 3.8) is 0 Å². The van der Waals surface area contributed by atoms with E-state index in [4.69, 9.17) is 4.74 Å². The Balaban J connectivity index is 1.82. The molecule has 3 nitrogen and oxygen atoms in total. The number of ether oxygens (including phenoxy) is 1. The number of rotatable bonds is 2. The zero-order valence-corrected chi connectivity index (χ0v) is 9.66. The van der Waals surface area contributed by atoms with E-state index < -0.39 is 23.6 Å². The van der Waals surface area contributed by atoms with E-state index in [9.17, 15) is 18.7 Å². The fourth-order valence-electron chi connectivity index (χ4n) is 4.14. The molecule has 1 N–H and O–H groups in total. The molecule has 0 aromatic carbocycles. The third-order valence-electron chi connectivity index (χ3n) is 4.69. The number of carbonyl (C=O) groups excluding carboxylic acids is 1. The number of halogens is 2. The monoisotopic (exact) mass is 246 g/mol. The lowest BCUT2D eigenvalue weighted by atomic mass is 9.80. The molecule has 4 aliphatic rings.